The molecule has 92 valence electrons. The van der Waals surface area contributed by atoms with Crippen LogP contribution in [-0.2, 0) is 19.9 Å². The monoisotopic (exact) mass is 240 g/mol. The largest absolute Gasteiger partial charge is 0.331 e. The minimum atomic E-state index is 0.644. The number of aldehydes is 1. The fraction of sp³-hybridized carbons (Fsp3) is 0.333. The van der Waals surface area contributed by atoms with Gasteiger partial charge in [0.25, 0.3) is 0 Å². The van der Waals surface area contributed by atoms with Crippen LogP contribution in [0.5, 0.6) is 0 Å². The summed E-state index contributed by atoms with van der Waals surface area (Å²) in [6.07, 6.45) is 7.44. The third kappa shape index (κ3) is 1.76. The lowest BCUT2D eigenvalue weighted by Gasteiger charge is -2.16. The van der Waals surface area contributed by atoms with E-state index in [1.165, 1.54) is 30.4 Å². The lowest BCUT2D eigenvalue weighted by Crippen LogP contribution is -2.02. The first kappa shape index (κ1) is 11.2. The Balaban J connectivity index is 2.09. The molecule has 1 aromatic carbocycles. The first-order valence-electron chi connectivity index (χ1n) is 6.38. The maximum atomic E-state index is 11.1. The average Bonchev–Trinajstić information content (AvgIpc) is 2.79. The molecule has 0 fully saturated rings. The molecule has 0 aliphatic heterocycles. The zero-order valence-electron chi connectivity index (χ0n) is 10.5. The topological polar surface area (TPSA) is 34.9 Å². The van der Waals surface area contributed by atoms with Gasteiger partial charge in [-0.05, 0) is 42.9 Å². The zero-order chi connectivity index (χ0) is 12.5. The lowest BCUT2D eigenvalue weighted by atomic mass is 9.90. The van der Waals surface area contributed by atoms with E-state index in [0.29, 0.717) is 5.69 Å². The summed E-state index contributed by atoms with van der Waals surface area (Å²) in [5.74, 6) is 0. The molecule has 0 spiro atoms. The highest BCUT2D eigenvalue weighted by Gasteiger charge is 2.14. The Morgan fingerprint density at radius 1 is 1.22 bits per heavy atom. The van der Waals surface area contributed by atoms with Gasteiger partial charge in [0.2, 0.25) is 0 Å². The summed E-state index contributed by atoms with van der Waals surface area (Å²) in [7, 11) is 1.85. The Morgan fingerprint density at radius 2 is 2.00 bits per heavy atom. The summed E-state index contributed by atoms with van der Waals surface area (Å²) in [6.45, 7) is 0. The van der Waals surface area contributed by atoms with E-state index in [1.807, 2.05) is 7.05 Å². The molecule has 2 aromatic rings. The van der Waals surface area contributed by atoms with Gasteiger partial charge in [0.1, 0.15) is 5.69 Å². The fourth-order valence-corrected chi connectivity index (χ4v) is 2.68. The quantitative estimate of drug-likeness (QED) is 0.756. The summed E-state index contributed by atoms with van der Waals surface area (Å²) in [4.78, 5) is 15.4. The van der Waals surface area contributed by atoms with Crippen LogP contribution in [0.4, 0.5) is 0 Å². The first-order valence-corrected chi connectivity index (χ1v) is 6.38. The van der Waals surface area contributed by atoms with Crippen molar-refractivity contribution in [3.05, 3.63) is 41.3 Å². The third-order valence-corrected chi connectivity index (χ3v) is 3.72. The predicted molar refractivity (Wildman–Crippen MR) is 70.7 cm³/mol. The summed E-state index contributed by atoms with van der Waals surface area (Å²) in [5, 5.41) is 0. The number of fused-ring (bicyclic) bond motifs is 1. The number of aryl methyl sites for hydroxylation is 3. The molecule has 3 nitrogen and oxygen atoms in total. The molecule has 1 aliphatic carbocycles. The first-order chi connectivity index (χ1) is 8.79. The van der Waals surface area contributed by atoms with Crippen LogP contribution < -0.4 is 0 Å². The normalized spacial score (nSPS) is 14.3. The van der Waals surface area contributed by atoms with Crippen LogP contribution in [0.15, 0.2) is 24.5 Å². The molecule has 0 bridgehead atoms. The molecule has 1 heterocycles. The van der Waals surface area contributed by atoms with Gasteiger partial charge in [-0.25, -0.2) is 4.98 Å². The minimum Gasteiger partial charge on any atom is -0.331 e. The number of hydrogen-bond acceptors (Lipinski definition) is 2. The molecular formula is C15H16N2O. The molecule has 1 aliphatic rings. The molecule has 0 amide bonds. The average molecular weight is 240 g/mol. The predicted octanol–water partition coefficient (Wildman–Crippen LogP) is 2.78. The van der Waals surface area contributed by atoms with Crippen LogP contribution >= 0.6 is 0 Å². The number of carbonyl (C=O) groups excluding carboxylic acids is 1. The second-order valence-electron chi connectivity index (χ2n) is 4.90. The second kappa shape index (κ2) is 4.41. The van der Waals surface area contributed by atoms with Gasteiger partial charge in [-0.2, -0.15) is 0 Å². The summed E-state index contributed by atoms with van der Waals surface area (Å²) in [6, 6.07) is 6.47. The molecule has 0 atom stereocenters. The van der Waals surface area contributed by atoms with Crippen molar-refractivity contribution < 1.29 is 4.79 Å². The fourth-order valence-electron chi connectivity index (χ4n) is 2.68. The van der Waals surface area contributed by atoms with E-state index >= 15 is 0 Å². The summed E-state index contributed by atoms with van der Waals surface area (Å²) < 4.78 is 1.77. The Hall–Kier alpha value is -1.90. The van der Waals surface area contributed by atoms with Crippen molar-refractivity contribution in [3.63, 3.8) is 0 Å². The van der Waals surface area contributed by atoms with Gasteiger partial charge in [-0.3, -0.25) is 4.79 Å². The van der Waals surface area contributed by atoms with Gasteiger partial charge >= 0.3 is 0 Å². The van der Waals surface area contributed by atoms with Crippen molar-refractivity contribution in [3.8, 4) is 11.3 Å². The number of aromatic nitrogens is 2. The second-order valence-corrected chi connectivity index (χ2v) is 4.90. The number of benzene rings is 1. The highest BCUT2D eigenvalue weighted by molar-refractivity contribution is 5.84. The van der Waals surface area contributed by atoms with E-state index in [1.54, 1.807) is 10.9 Å². The van der Waals surface area contributed by atoms with Crippen molar-refractivity contribution in [1.82, 2.24) is 9.55 Å². The molecule has 0 saturated carbocycles. The van der Waals surface area contributed by atoms with Crippen LogP contribution in [0, 0.1) is 0 Å². The van der Waals surface area contributed by atoms with Crippen LogP contribution in [0.1, 0.15) is 34.5 Å². The number of hydrogen-bond donors (Lipinski definition) is 0. The maximum absolute atomic E-state index is 11.1. The molecule has 0 radical (unpaired) electrons. The number of imidazole rings is 1. The molecular weight excluding hydrogens is 224 g/mol. The van der Waals surface area contributed by atoms with Crippen molar-refractivity contribution in [2.45, 2.75) is 25.7 Å². The molecule has 3 heteroatoms. The number of carbonyl (C=O) groups is 1. The van der Waals surface area contributed by atoms with Crippen LogP contribution in [0.2, 0.25) is 0 Å². The Kier molecular flexibility index (Phi) is 2.74. The van der Waals surface area contributed by atoms with Gasteiger partial charge in [-0.1, -0.05) is 12.1 Å². The van der Waals surface area contributed by atoms with E-state index in [0.717, 1.165) is 24.0 Å². The van der Waals surface area contributed by atoms with Gasteiger partial charge in [0, 0.05) is 12.6 Å². The molecule has 0 N–H and O–H groups in total. The molecule has 1 aromatic heterocycles. The Labute approximate surface area is 106 Å². The summed E-state index contributed by atoms with van der Waals surface area (Å²) in [5.41, 5.74) is 5.36. The van der Waals surface area contributed by atoms with E-state index < -0.39 is 0 Å². The van der Waals surface area contributed by atoms with Crippen molar-refractivity contribution in [1.29, 1.82) is 0 Å². The van der Waals surface area contributed by atoms with Crippen molar-refractivity contribution in [2.75, 3.05) is 0 Å². The molecule has 0 saturated heterocycles. The lowest BCUT2D eigenvalue weighted by molar-refractivity contribution is 0.111. The number of nitrogens with zero attached hydrogens (tertiary/aromatic N) is 2. The SMILES string of the molecule is Cn1cnc(-c2ccc3c(c2)CCCC3)c1C=O. The molecule has 18 heavy (non-hydrogen) atoms. The standard InChI is InChI=1S/C15H16N2O/c1-17-10-16-15(14(17)9-18)13-7-6-11-4-2-3-5-12(11)8-13/h6-10H,2-5H2,1H3. The van der Waals surface area contributed by atoms with Crippen LogP contribution in [-0.4, -0.2) is 15.8 Å². The highest BCUT2D eigenvalue weighted by atomic mass is 16.1. The zero-order valence-corrected chi connectivity index (χ0v) is 10.5. The van der Waals surface area contributed by atoms with Crippen LogP contribution in [0.25, 0.3) is 11.3 Å². The maximum Gasteiger partial charge on any atom is 0.168 e. The molecule has 0 unspecified atom stereocenters. The van der Waals surface area contributed by atoms with E-state index in [-0.39, 0.29) is 0 Å². The highest BCUT2D eigenvalue weighted by Crippen LogP contribution is 2.27. The Morgan fingerprint density at radius 3 is 2.78 bits per heavy atom. The van der Waals surface area contributed by atoms with Crippen LogP contribution in [0.3, 0.4) is 0 Å². The number of rotatable bonds is 2. The van der Waals surface area contributed by atoms with Gasteiger partial charge in [0.15, 0.2) is 6.29 Å². The minimum absolute atomic E-state index is 0.644. The smallest absolute Gasteiger partial charge is 0.168 e. The van der Waals surface area contributed by atoms with E-state index in [2.05, 4.69) is 23.2 Å². The van der Waals surface area contributed by atoms with E-state index in [4.69, 9.17) is 0 Å². The van der Waals surface area contributed by atoms with Gasteiger partial charge in [-0.15, -0.1) is 0 Å². The van der Waals surface area contributed by atoms with Gasteiger partial charge < -0.3 is 4.57 Å². The van der Waals surface area contributed by atoms with Crippen molar-refractivity contribution in [2.24, 2.45) is 7.05 Å². The third-order valence-electron chi connectivity index (χ3n) is 3.72. The van der Waals surface area contributed by atoms with Crippen molar-refractivity contribution >= 4 is 6.29 Å². The van der Waals surface area contributed by atoms with E-state index in [9.17, 15) is 4.79 Å². The molecule has 3 rings (SSSR count). The van der Waals surface area contributed by atoms with Gasteiger partial charge in [0.05, 0.1) is 12.0 Å². The Bertz CT molecular complexity index is 599. The summed E-state index contributed by atoms with van der Waals surface area (Å²) >= 11 is 0.